The number of anilines is 1. The minimum absolute atomic E-state index is 0.0875. The van der Waals surface area contributed by atoms with Gasteiger partial charge in [-0.25, -0.2) is 8.42 Å². The molecule has 0 aliphatic heterocycles. The fourth-order valence-electron chi connectivity index (χ4n) is 4.17. The van der Waals surface area contributed by atoms with Gasteiger partial charge >= 0.3 is 0 Å². The van der Waals surface area contributed by atoms with Gasteiger partial charge in [0.15, 0.2) is 0 Å². The van der Waals surface area contributed by atoms with Gasteiger partial charge in [0.1, 0.15) is 12.6 Å². The van der Waals surface area contributed by atoms with Crippen molar-refractivity contribution in [3.05, 3.63) is 65.2 Å². The molecule has 0 spiro atoms. The molecule has 0 saturated heterocycles. The molecule has 1 aliphatic rings. The Labute approximate surface area is 207 Å². The number of benzene rings is 2. The summed E-state index contributed by atoms with van der Waals surface area (Å²) < 4.78 is 26.1. The zero-order valence-corrected chi connectivity index (χ0v) is 21.2. The maximum absolute atomic E-state index is 13.5. The lowest BCUT2D eigenvalue weighted by molar-refractivity contribution is -0.139. The molecule has 2 amide bonds. The molecular weight excluding hydrogens is 474 g/mol. The van der Waals surface area contributed by atoms with Gasteiger partial charge in [-0.05, 0) is 43.5 Å². The summed E-state index contributed by atoms with van der Waals surface area (Å²) in [4.78, 5) is 28.0. The molecule has 34 heavy (non-hydrogen) atoms. The van der Waals surface area contributed by atoms with Crippen LogP contribution in [0.5, 0.6) is 0 Å². The van der Waals surface area contributed by atoms with Crippen molar-refractivity contribution >= 4 is 39.1 Å². The van der Waals surface area contributed by atoms with E-state index in [4.69, 9.17) is 11.6 Å². The van der Waals surface area contributed by atoms with Crippen LogP contribution in [0.2, 0.25) is 5.02 Å². The number of carbonyl (C=O) groups excluding carboxylic acids is 2. The van der Waals surface area contributed by atoms with Crippen LogP contribution in [0.3, 0.4) is 0 Å². The highest BCUT2D eigenvalue weighted by Gasteiger charge is 2.31. The van der Waals surface area contributed by atoms with Crippen LogP contribution in [-0.2, 0) is 26.2 Å². The molecule has 9 heteroatoms. The lowest BCUT2D eigenvalue weighted by atomic mass is 9.95. The molecule has 1 saturated carbocycles. The fourth-order valence-corrected chi connectivity index (χ4v) is 5.21. The smallest absolute Gasteiger partial charge is 0.244 e. The number of para-hydroxylation sites is 1. The molecule has 0 unspecified atom stereocenters. The summed E-state index contributed by atoms with van der Waals surface area (Å²) >= 11 is 6.34. The zero-order chi connectivity index (χ0) is 24.7. The summed E-state index contributed by atoms with van der Waals surface area (Å²) in [5, 5.41) is 3.55. The number of carbonyl (C=O) groups is 2. The zero-order valence-electron chi connectivity index (χ0n) is 19.6. The molecule has 1 N–H and O–H groups in total. The number of nitrogens with one attached hydrogen (secondary N) is 1. The Morgan fingerprint density at radius 2 is 1.65 bits per heavy atom. The highest BCUT2D eigenvalue weighted by atomic mass is 35.5. The lowest BCUT2D eigenvalue weighted by Gasteiger charge is -2.33. The molecule has 1 atom stereocenters. The highest BCUT2D eigenvalue weighted by molar-refractivity contribution is 7.92. The minimum atomic E-state index is -3.74. The van der Waals surface area contributed by atoms with E-state index in [2.05, 4.69) is 5.32 Å². The van der Waals surface area contributed by atoms with Gasteiger partial charge < -0.3 is 10.2 Å². The number of nitrogens with zero attached hydrogens (tertiary/aromatic N) is 2. The fraction of sp³-hybridized carbons (Fsp3) is 0.440. The van der Waals surface area contributed by atoms with Crippen LogP contribution in [0.15, 0.2) is 54.6 Å². The van der Waals surface area contributed by atoms with Gasteiger partial charge in [-0.3, -0.25) is 13.9 Å². The van der Waals surface area contributed by atoms with E-state index in [9.17, 15) is 18.0 Å². The first-order chi connectivity index (χ1) is 16.2. The van der Waals surface area contributed by atoms with Crippen molar-refractivity contribution < 1.29 is 18.0 Å². The minimum Gasteiger partial charge on any atom is -0.352 e. The van der Waals surface area contributed by atoms with E-state index < -0.39 is 28.5 Å². The SMILES string of the molecule is C[C@@H](C(=O)NC1CCCCC1)N(Cc1ccccc1Cl)C(=O)CN(c1ccccc1)S(C)(=O)=O. The van der Waals surface area contributed by atoms with Crippen molar-refractivity contribution in [2.75, 3.05) is 17.1 Å². The summed E-state index contributed by atoms with van der Waals surface area (Å²) in [6, 6.07) is 14.9. The van der Waals surface area contributed by atoms with Gasteiger partial charge in [0.2, 0.25) is 21.8 Å². The highest BCUT2D eigenvalue weighted by Crippen LogP contribution is 2.22. The van der Waals surface area contributed by atoms with E-state index in [0.717, 1.165) is 36.2 Å². The molecule has 0 radical (unpaired) electrons. The van der Waals surface area contributed by atoms with Gasteiger partial charge in [0.25, 0.3) is 0 Å². The number of halogens is 1. The van der Waals surface area contributed by atoms with Crippen LogP contribution in [-0.4, -0.2) is 50.0 Å². The van der Waals surface area contributed by atoms with Crippen molar-refractivity contribution in [1.29, 1.82) is 0 Å². The standard InChI is InChI=1S/C25H32ClN3O4S/c1-19(25(31)27-21-12-5-3-6-13-21)28(17-20-11-9-10-16-23(20)26)24(30)18-29(34(2,32)33)22-14-7-4-8-15-22/h4,7-11,14-16,19,21H,3,5-6,12-13,17-18H2,1-2H3,(H,27,31)/t19-/m0/s1. The first-order valence-corrected chi connectivity index (χ1v) is 13.8. The van der Waals surface area contributed by atoms with E-state index >= 15 is 0 Å². The molecule has 2 aromatic carbocycles. The predicted octanol–water partition coefficient (Wildman–Crippen LogP) is 3.97. The third-order valence-electron chi connectivity index (χ3n) is 6.14. The van der Waals surface area contributed by atoms with Crippen LogP contribution in [0.25, 0.3) is 0 Å². The first kappa shape index (κ1) is 26.0. The van der Waals surface area contributed by atoms with E-state index in [1.807, 2.05) is 6.07 Å². The number of sulfonamides is 1. The average Bonchev–Trinajstić information content (AvgIpc) is 2.82. The van der Waals surface area contributed by atoms with E-state index in [1.54, 1.807) is 55.5 Å². The lowest BCUT2D eigenvalue weighted by Crippen LogP contribution is -2.53. The second-order valence-corrected chi connectivity index (χ2v) is 11.1. The number of hydrogen-bond acceptors (Lipinski definition) is 4. The van der Waals surface area contributed by atoms with Crippen molar-refractivity contribution in [1.82, 2.24) is 10.2 Å². The molecule has 7 nitrogen and oxygen atoms in total. The summed E-state index contributed by atoms with van der Waals surface area (Å²) in [6.07, 6.45) is 6.22. The van der Waals surface area contributed by atoms with E-state index in [1.165, 1.54) is 11.3 Å². The number of hydrogen-bond donors (Lipinski definition) is 1. The third-order valence-corrected chi connectivity index (χ3v) is 7.65. The molecule has 0 aromatic heterocycles. The predicted molar refractivity (Wildman–Crippen MR) is 135 cm³/mol. The maximum Gasteiger partial charge on any atom is 0.244 e. The summed E-state index contributed by atoms with van der Waals surface area (Å²) in [5.74, 6) is -0.738. The van der Waals surface area contributed by atoms with Crippen LogP contribution >= 0.6 is 11.6 Å². The van der Waals surface area contributed by atoms with E-state index in [0.29, 0.717) is 16.3 Å². The number of amides is 2. The Morgan fingerprint density at radius 3 is 2.26 bits per heavy atom. The molecule has 184 valence electrons. The maximum atomic E-state index is 13.5. The van der Waals surface area contributed by atoms with Crippen molar-refractivity contribution in [2.24, 2.45) is 0 Å². The van der Waals surface area contributed by atoms with Crippen molar-refractivity contribution in [3.63, 3.8) is 0 Å². The Balaban J connectivity index is 1.86. The van der Waals surface area contributed by atoms with Gasteiger partial charge in [0, 0.05) is 17.6 Å². The Hall–Kier alpha value is -2.58. The van der Waals surface area contributed by atoms with E-state index in [-0.39, 0.29) is 18.5 Å². The largest absolute Gasteiger partial charge is 0.352 e. The van der Waals surface area contributed by atoms with Crippen molar-refractivity contribution in [2.45, 2.75) is 57.7 Å². The van der Waals surface area contributed by atoms with Gasteiger partial charge in [-0.1, -0.05) is 67.3 Å². The molecular formula is C25H32ClN3O4S. The van der Waals surface area contributed by atoms with Gasteiger partial charge in [-0.15, -0.1) is 0 Å². The Morgan fingerprint density at radius 1 is 1.03 bits per heavy atom. The first-order valence-electron chi connectivity index (χ1n) is 11.5. The summed E-state index contributed by atoms with van der Waals surface area (Å²) in [6.45, 7) is 1.33. The molecule has 3 rings (SSSR count). The monoisotopic (exact) mass is 505 g/mol. The Kier molecular flexibility index (Phi) is 8.97. The quantitative estimate of drug-likeness (QED) is 0.558. The van der Waals surface area contributed by atoms with Gasteiger partial charge in [-0.2, -0.15) is 0 Å². The van der Waals surface area contributed by atoms with Crippen LogP contribution in [0, 0.1) is 0 Å². The molecule has 1 aliphatic carbocycles. The van der Waals surface area contributed by atoms with Crippen LogP contribution in [0.1, 0.15) is 44.6 Å². The second-order valence-electron chi connectivity index (χ2n) is 8.74. The summed E-state index contributed by atoms with van der Waals surface area (Å²) in [7, 11) is -3.74. The van der Waals surface area contributed by atoms with Gasteiger partial charge in [0.05, 0.1) is 11.9 Å². The molecule has 1 fully saturated rings. The molecule has 0 bridgehead atoms. The second kappa shape index (κ2) is 11.7. The summed E-state index contributed by atoms with van der Waals surface area (Å²) in [5.41, 5.74) is 1.07. The van der Waals surface area contributed by atoms with Crippen LogP contribution < -0.4 is 9.62 Å². The topological polar surface area (TPSA) is 86.8 Å². The Bertz CT molecular complexity index is 1090. The van der Waals surface area contributed by atoms with Crippen LogP contribution in [0.4, 0.5) is 5.69 Å². The number of rotatable bonds is 9. The molecule has 0 heterocycles. The normalized spacial score (nSPS) is 15.4. The van der Waals surface area contributed by atoms with Crippen molar-refractivity contribution in [3.8, 4) is 0 Å². The third kappa shape index (κ3) is 6.96. The average molecular weight is 506 g/mol. The molecule has 2 aromatic rings.